The van der Waals surface area contributed by atoms with Crippen molar-refractivity contribution in [2.24, 2.45) is 5.92 Å². The van der Waals surface area contributed by atoms with Crippen LogP contribution in [0.3, 0.4) is 0 Å². The Balaban J connectivity index is 0.000000194. The highest BCUT2D eigenvalue weighted by Gasteiger charge is 2.44. The molecule has 0 bridgehead atoms. The number of halogens is 2. The second-order valence-corrected chi connectivity index (χ2v) is 4.96. The van der Waals surface area contributed by atoms with Crippen LogP contribution in [0.1, 0.15) is 12.8 Å². The van der Waals surface area contributed by atoms with Crippen LogP contribution in [0, 0.1) is 11.1 Å². The number of rotatable bonds is 3. The summed E-state index contributed by atoms with van der Waals surface area (Å²) in [7, 11) is 0. The smallest absolute Gasteiger partial charge is 0.248 e. The lowest BCUT2D eigenvalue weighted by atomic mass is 9.81. The normalized spacial score (nSPS) is 16.3. The Hall–Kier alpha value is -2.24. The summed E-state index contributed by atoms with van der Waals surface area (Å²) < 4.78 is 25.7. The molecule has 0 aromatic carbocycles. The fraction of sp³-hybridized carbons (Fsp3) is 0.333. The highest BCUT2D eigenvalue weighted by atomic mass is 19.3. The fourth-order valence-electron chi connectivity index (χ4n) is 2.03. The van der Waals surface area contributed by atoms with Gasteiger partial charge in [0.15, 0.2) is 12.4 Å². The van der Waals surface area contributed by atoms with Gasteiger partial charge in [-0.2, -0.15) is 4.73 Å². The van der Waals surface area contributed by atoms with Gasteiger partial charge in [-0.25, -0.2) is 13.8 Å². The molecular formula is C15H17F2N3O. The summed E-state index contributed by atoms with van der Waals surface area (Å²) in [5, 5.41) is 13.2. The molecule has 6 heteroatoms. The number of nitrogens with zero attached hydrogens (tertiary/aromatic N) is 2. The molecule has 0 saturated heterocycles. The van der Waals surface area contributed by atoms with Gasteiger partial charge < -0.3 is 10.5 Å². The molecule has 0 atom stereocenters. The first-order valence-electron chi connectivity index (χ1n) is 6.72. The SMILES string of the molecule is FC1(F)CC(CNc2ccccn2)C1.[O-][n+]1ccccc1. The number of hydrogen-bond acceptors (Lipinski definition) is 3. The van der Waals surface area contributed by atoms with Gasteiger partial charge >= 0.3 is 0 Å². The number of hydrogen-bond donors (Lipinski definition) is 1. The highest BCUT2D eigenvalue weighted by Crippen LogP contribution is 2.42. The van der Waals surface area contributed by atoms with E-state index in [1.807, 2.05) is 18.2 Å². The van der Waals surface area contributed by atoms with Gasteiger partial charge in [-0.05, 0) is 18.1 Å². The fourth-order valence-corrected chi connectivity index (χ4v) is 2.03. The Morgan fingerprint density at radius 3 is 2.38 bits per heavy atom. The third kappa shape index (κ3) is 5.33. The Morgan fingerprint density at radius 2 is 1.90 bits per heavy atom. The van der Waals surface area contributed by atoms with Crippen molar-refractivity contribution < 1.29 is 13.5 Å². The molecule has 1 saturated carbocycles. The molecule has 0 amide bonds. The number of aromatic nitrogens is 2. The summed E-state index contributed by atoms with van der Waals surface area (Å²) in [6, 6.07) is 10.7. The van der Waals surface area contributed by atoms with Crippen LogP contribution in [0.4, 0.5) is 14.6 Å². The maximum Gasteiger partial charge on any atom is 0.248 e. The molecule has 112 valence electrons. The minimum absolute atomic E-state index is 0.00678. The van der Waals surface area contributed by atoms with Crippen LogP contribution in [0.15, 0.2) is 55.0 Å². The number of nitrogens with one attached hydrogen (secondary N) is 1. The van der Waals surface area contributed by atoms with Gasteiger partial charge in [0, 0.05) is 37.7 Å². The summed E-state index contributed by atoms with van der Waals surface area (Å²) in [6.07, 6.45) is 4.58. The molecule has 21 heavy (non-hydrogen) atoms. The van der Waals surface area contributed by atoms with Gasteiger partial charge in [-0.15, -0.1) is 0 Å². The van der Waals surface area contributed by atoms with Crippen LogP contribution in [0.5, 0.6) is 0 Å². The van der Waals surface area contributed by atoms with Crippen molar-refractivity contribution in [2.45, 2.75) is 18.8 Å². The van der Waals surface area contributed by atoms with Crippen molar-refractivity contribution in [1.82, 2.24) is 4.98 Å². The van der Waals surface area contributed by atoms with E-state index in [9.17, 15) is 14.0 Å². The van der Waals surface area contributed by atoms with E-state index in [1.54, 1.807) is 24.4 Å². The largest absolute Gasteiger partial charge is 0.619 e. The van der Waals surface area contributed by atoms with Crippen molar-refractivity contribution in [2.75, 3.05) is 11.9 Å². The molecule has 1 fully saturated rings. The lowest BCUT2D eigenvalue weighted by Gasteiger charge is -2.34. The maximum atomic E-state index is 12.5. The second kappa shape index (κ2) is 6.97. The van der Waals surface area contributed by atoms with Crippen LogP contribution in [0.2, 0.25) is 0 Å². The number of anilines is 1. The Morgan fingerprint density at radius 1 is 1.19 bits per heavy atom. The molecule has 2 aromatic rings. The van der Waals surface area contributed by atoms with Crippen molar-refractivity contribution in [1.29, 1.82) is 0 Å². The minimum Gasteiger partial charge on any atom is -0.619 e. The molecule has 3 rings (SSSR count). The first-order valence-corrected chi connectivity index (χ1v) is 6.72. The van der Waals surface area contributed by atoms with Gasteiger partial charge in [0.05, 0.1) is 0 Å². The average molecular weight is 293 g/mol. The zero-order valence-corrected chi connectivity index (χ0v) is 11.5. The van der Waals surface area contributed by atoms with Crippen molar-refractivity contribution in [3.05, 3.63) is 60.2 Å². The maximum absolute atomic E-state index is 12.5. The van der Waals surface area contributed by atoms with Crippen LogP contribution in [-0.4, -0.2) is 17.5 Å². The van der Waals surface area contributed by atoms with Gasteiger partial charge in [-0.1, -0.05) is 12.1 Å². The molecule has 2 heterocycles. The van der Waals surface area contributed by atoms with Crippen LogP contribution < -0.4 is 10.0 Å². The van der Waals surface area contributed by atoms with E-state index < -0.39 is 5.92 Å². The summed E-state index contributed by atoms with van der Waals surface area (Å²) in [4.78, 5) is 4.05. The lowest BCUT2D eigenvalue weighted by Crippen LogP contribution is -2.39. The summed E-state index contributed by atoms with van der Waals surface area (Å²) in [6.45, 7) is 0.590. The molecule has 0 unspecified atom stereocenters. The number of pyridine rings is 2. The Kier molecular flexibility index (Phi) is 5.03. The van der Waals surface area contributed by atoms with Gasteiger partial charge in [0.2, 0.25) is 5.92 Å². The predicted molar refractivity (Wildman–Crippen MR) is 75.8 cm³/mol. The lowest BCUT2D eigenvalue weighted by molar-refractivity contribution is -0.605. The summed E-state index contributed by atoms with van der Waals surface area (Å²) in [5.41, 5.74) is 0. The van der Waals surface area contributed by atoms with E-state index in [1.165, 1.54) is 12.4 Å². The highest BCUT2D eigenvalue weighted by molar-refractivity contribution is 5.33. The topological polar surface area (TPSA) is 51.9 Å². The number of alkyl halides is 2. The third-order valence-electron chi connectivity index (χ3n) is 3.10. The van der Waals surface area contributed by atoms with E-state index in [4.69, 9.17) is 0 Å². The molecule has 0 spiro atoms. The van der Waals surface area contributed by atoms with Crippen LogP contribution in [-0.2, 0) is 0 Å². The van der Waals surface area contributed by atoms with E-state index in [-0.39, 0.29) is 18.8 Å². The molecule has 1 N–H and O–H groups in total. The molecule has 1 aliphatic carbocycles. The van der Waals surface area contributed by atoms with Crippen molar-refractivity contribution >= 4 is 5.82 Å². The van der Waals surface area contributed by atoms with Crippen molar-refractivity contribution in [3.8, 4) is 0 Å². The van der Waals surface area contributed by atoms with E-state index in [2.05, 4.69) is 10.3 Å². The molecule has 0 radical (unpaired) electrons. The van der Waals surface area contributed by atoms with Crippen LogP contribution in [0.25, 0.3) is 0 Å². The predicted octanol–water partition coefficient (Wildman–Crippen LogP) is 2.86. The quantitative estimate of drug-likeness (QED) is 0.699. The molecule has 1 aliphatic rings. The zero-order chi connectivity index (χ0) is 15.1. The molecule has 4 nitrogen and oxygen atoms in total. The Labute approximate surface area is 122 Å². The zero-order valence-electron chi connectivity index (χ0n) is 11.5. The summed E-state index contributed by atoms with van der Waals surface area (Å²) in [5.74, 6) is -1.58. The monoisotopic (exact) mass is 293 g/mol. The van der Waals surface area contributed by atoms with Crippen molar-refractivity contribution in [3.63, 3.8) is 0 Å². The molecule has 0 aliphatic heterocycles. The average Bonchev–Trinajstić information content (AvgIpc) is 2.45. The van der Waals surface area contributed by atoms with E-state index in [0.717, 1.165) is 10.5 Å². The summed E-state index contributed by atoms with van der Waals surface area (Å²) >= 11 is 0. The van der Waals surface area contributed by atoms with Gasteiger partial charge in [0.25, 0.3) is 0 Å². The molecular weight excluding hydrogens is 276 g/mol. The van der Waals surface area contributed by atoms with Gasteiger partial charge in [0.1, 0.15) is 5.82 Å². The molecule has 2 aromatic heterocycles. The van der Waals surface area contributed by atoms with Gasteiger partial charge in [-0.3, -0.25) is 0 Å². The second-order valence-electron chi connectivity index (χ2n) is 4.96. The third-order valence-corrected chi connectivity index (χ3v) is 3.10. The van der Waals surface area contributed by atoms with Crippen LogP contribution >= 0.6 is 0 Å². The van der Waals surface area contributed by atoms with E-state index >= 15 is 0 Å². The minimum atomic E-state index is -2.42. The first-order chi connectivity index (χ1) is 10.1. The standard InChI is InChI=1S/C10H12F2N2.C5H5NO/c11-10(12)5-8(6-10)7-14-9-3-1-2-4-13-9;7-6-4-2-1-3-5-6/h1-4,8H,5-7H2,(H,13,14);1-5H. The Bertz CT molecular complexity index is 529. The first kappa shape index (κ1) is 15.2. The van der Waals surface area contributed by atoms with E-state index in [0.29, 0.717) is 6.54 Å².